The molecule has 2 aromatic rings. The topological polar surface area (TPSA) is 119 Å². The first-order valence-electron chi connectivity index (χ1n) is 12.0. The van der Waals surface area contributed by atoms with Crippen LogP contribution >= 0.6 is 0 Å². The molecule has 3 heterocycles. The number of hydrogen-bond donors (Lipinski definition) is 2. The predicted octanol–water partition coefficient (Wildman–Crippen LogP) is 1.89. The summed E-state index contributed by atoms with van der Waals surface area (Å²) in [6.45, 7) is 2.36. The van der Waals surface area contributed by atoms with Crippen molar-refractivity contribution in [3.63, 3.8) is 0 Å². The van der Waals surface area contributed by atoms with E-state index in [-0.39, 0.29) is 22.8 Å². The number of hydrogen-bond acceptors (Lipinski definition) is 6. The third-order valence-electron chi connectivity index (χ3n) is 6.33. The maximum atomic E-state index is 13.4. The summed E-state index contributed by atoms with van der Waals surface area (Å²) in [4.78, 5) is 44.2. The number of piperidine rings is 1. The Morgan fingerprint density at radius 1 is 1.22 bits per heavy atom. The molecule has 1 aliphatic heterocycles. The van der Waals surface area contributed by atoms with Crippen molar-refractivity contribution in [1.29, 1.82) is 0 Å². The van der Waals surface area contributed by atoms with Gasteiger partial charge in [0.1, 0.15) is 17.8 Å². The number of nitrogens with one attached hydrogen (secondary N) is 1. The van der Waals surface area contributed by atoms with E-state index in [2.05, 4.69) is 10.3 Å². The fourth-order valence-corrected chi connectivity index (χ4v) is 4.43. The van der Waals surface area contributed by atoms with E-state index in [4.69, 9.17) is 9.84 Å². The van der Waals surface area contributed by atoms with Crippen LogP contribution < -0.4 is 15.6 Å². The summed E-state index contributed by atoms with van der Waals surface area (Å²) in [6.07, 6.45) is -1.39. The van der Waals surface area contributed by atoms with Gasteiger partial charge in [-0.2, -0.15) is 13.2 Å². The smallest absolute Gasteiger partial charge is 0.422 e. The van der Waals surface area contributed by atoms with Crippen LogP contribution in [0.5, 0.6) is 5.75 Å². The first kappa shape index (κ1) is 27.5. The van der Waals surface area contributed by atoms with Gasteiger partial charge in [-0.15, -0.1) is 0 Å². The molecule has 0 saturated carbocycles. The minimum absolute atomic E-state index is 0.0647. The van der Waals surface area contributed by atoms with Gasteiger partial charge in [0.15, 0.2) is 23.7 Å². The molecule has 1 fully saturated rings. The summed E-state index contributed by atoms with van der Waals surface area (Å²) in [7, 11) is 1.45. The first-order valence-corrected chi connectivity index (χ1v) is 12.0. The molecule has 0 aromatic carbocycles. The van der Waals surface area contributed by atoms with Crippen LogP contribution in [0.15, 0.2) is 4.79 Å². The highest BCUT2D eigenvalue weighted by atomic mass is 19.4. The molecule has 0 atom stereocenters. The molecule has 13 heteroatoms. The van der Waals surface area contributed by atoms with Crippen LogP contribution in [0.25, 0.3) is 11.0 Å². The lowest BCUT2D eigenvalue weighted by atomic mass is 10.0. The lowest BCUT2D eigenvalue weighted by molar-refractivity contribution is -0.153. The highest BCUT2D eigenvalue weighted by molar-refractivity contribution is 6.03. The number of carbonyl (C=O) groups excluding carboxylic acids is 2. The average Bonchev–Trinajstić information content (AvgIpc) is 3.10. The van der Waals surface area contributed by atoms with Gasteiger partial charge in [0, 0.05) is 32.7 Å². The number of nitrogens with zero attached hydrogens (tertiary/aromatic N) is 4. The molecule has 0 aliphatic carbocycles. The Morgan fingerprint density at radius 2 is 1.89 bits per heavy atom. The second-order valence-electron chi connectivity index (χ2n) is 8.95. The lowest BCUT2D eigenvalue weighted by Crippen LogP contribution is -2.47. The molecule has 1 saturated heterocycles. The number of aromatic nitrogens is 3. The molecule has 0 spiro atoms. The monoisotopic (exact) mass is 515 g/mol. The van der Waals surface area contributed by atoms with E-state index >= 15 is 0 Å². The first-order chi connectivity index (χ1) is 17.0. The van der Waals surface area contributed by atoms with Crippen molar-refractivity contribution in [2.24, 2.45) is 7.05 Å². The molecule has 2 aromatic heterocycles. The molecule has 0 unspecified atom stereocenters. The van der Waals surface area contributed by atoms with Gasteiger partial charge in [-0.3, -0.25) is 19.0 Å². The quantitative estimate of drug-likeness (QED) is 0.493. The summed E-state index contributed by atoms with van der Waals surface area (Å²) >= 11 is 0. The zero-order valence-corrected chi connectivity index (χ0v) is 20.7. The molecule has 2 amide bonds. The molecule has 200 valence electrons. The number of aliphatic hydroxyl groups excluding tert-OH is 1. The Kier molecular flexibility index (Phi) is 8.64. The van der Waals surface area contributed by atoms with E-state index in [1.165, 1.54) is 21.1 Å². The fourth-order valence-electron chi connectivity index (χ4n) is 4.43. The zero-order valence-electron chi connectivity index (χ0n) is 20.7. The summed E-state index contributed by atoms with van der Waals surface area (Å²) in [5.41, 5.74) is -0.718. The molecule has 36 heavy (non-hydrogen) atoms. The van der Waals surface area contributed by atoms with Crippen LogP contribution in [0.3, 0.4) is 0 Å². The molecule has 1 aliphatic rings. The molecular formula is C23H32F3N5O5. The van der Waals surface area contributed by atoms with E-state index in [1.54, 1.807) is 6.92 Å². The highest BCUT2D eigenvalue weighted by Gasteiger charge is 2.34. The van der Waals surface area contributed by atoms with Crippen LogP contribution in [0, 0.1) is 6.92 Å². The van der Waals surface area contributed by atoms with Crippen LogP contribution in [-0.4, -0.2) is 74.5 Å². The van der Waals surface area contributed by atoms with E-state index < -0.39 is 42.5 Å². The summed E-state index contributed by atoms with van der Waals surface area (Å²) < 4.78 is 46.9. The number of aliphatic hydroxyl groups is 1. The van der Waals surface area contributed by atoms with Crippen molar-refractivity contribution in [2.45, 2.75) is 64.7 Å². The third kappa shape index (κ3) is 6.00. The largest absolute Gasteiger partial charge is 0.481 e. The van der Waals surface area contributed by atoms with E-state index in [0.717, 1.165) is 12.8 Å². The average molecular weight is 516 g/mol. The van der Waals surface area contributed by atoms with Gasteiger partial charge in [-0.25, -0.2) is 4.98 Å². The number of carbonyl (C=O) groups is 2. The number of rotatable bonds is 9. The van der Waals surface area contributed by atoms with Gasteiger partial charge in [-0.05, 0) is 26.2 Å². The van der Waals surface area contributed by atoms with E-state index in [0.29, 0.717) is 44.7 Å². The Morgan fingerprint density at radius 3 is 2.47 bits per heavy atom. The number of unbranched alkanes of at least 4 members (excludes halogenated alkanes) is 2. The predicted molar refractivity (Wildman–Crippen MR) is 125 cm³/mol. The van der Waals surface area contributed by atoms with Crippen LogP contribution in [0.4, 0.5) is 13.2 Å². The number of halogens is 3. The molecule has 10 nitrogen and oxygen atoms in total. The lowest BCUT2D eigenvalue weighted by Gasteiger charge is -2.32. The van der Waals surface area contributed by atoms with Crippen molar-refractivity contribution in [2.75, 3.05) is 26.3 Å². The van der Waals surface area contributed by atoms with E-state index in [1.807, 2.05) is 6.92 Å². The Labute approximate surface area is 206 Å². The number of ether oxygens (including phenoxy) is 1. The zero-order chi connectivity index (χ0) is 26.6. The fraction of sp³-hybridized carbons (Fsp3) is 0.652. The summed E-state index contributed by atoms with van der Waals surface area (Å²) in [5.74, 6) is -1.17. The van der Waals surface area contributed by atoms with Gasteiger partial charge >= 0.3 is 6.18 Å². The van der Waals surface area contributed by atoms with Gasteiger partial charge in [0.2, 0.25) is 5.91 Å². The molecule has 2 N–H and O–H groups in total. The number of likely N-dealkylation sites (tertiary alicyclic amines) is 1. The molecule has 0 radical (unpaired) electrons. The second kappa shape index (κ2) is 11.3. The van der Waals surface area contributed by atoms with Crippen LogP contribution in [0.2, 0.25) is 0 Å². The molecule has 3 rings (SSSR count). The van der Waals surface area contributed by atoms with Crippen molar-refractivity contribution < 1.29 is 32.6 Å². The van der Waals surface area contributed by atoms with Gasteiger partial charge in [0.05, 0.1) is 0 Å². The Balaban J connectivity index is 1.98. The third-order valence-corrected chi connectivity index (χ3v) is 6.33. The van der Waals surface area contributed by atoms with Crippen molar-refractivity contribution in [1.82, 2.24) is 24.3 Å². The summed E-state index contributed by atoms with van der Waals surface area (Å²) in [5, 5.41) is 11.6. The Hall–Kier alpha value is -3.09. The number of alkyl halides is 3. The normalized spacial score (nSPS) is 14.9. The Bertz CT molecular complexity index is 1170. The van der Waals surface area contributed by atoms with Gasteiger partial charge in [-0.1, -0.05) is 19.8 Å². The minimum atomic E-state index is -4.68. The molecule has 0 bridgehead atoms. The number of amides is 2. The summed E-state index contributed by atoms with van der Waals surface area (Å²) in [6, 6.07) is -0.353. The second-order valence-corrected chi connectivity index (χ2v) is 8.95. The van der Waals surface area contributed by atoms with Gasteiger partial charge < -0.3 is 24.6 Å². The van der Waals surface area contributed by atoms with Crippen LogP contribution in [0.1, 0.15) is 55.3 Å². The van der Waals surface area contributed by atoms with Gasteiger partial charge in [0.25, 0.3) is 11.5 Å². The van der Waals surface area contributed by atoms with Crippen molar-refractivity contribution >= 4 is 22.8 Å². The van der Waals surface area contributed by atoms with Crippen molar-refractivity contribution in [3.05, 3.63) is 21.9 Å². The van der Waals surface area contributed by atoms with Crippen LogP contribution in [-0.2, 0) is 18.4 Å². The minimum Gasteiger partial charge on any atom is -0.481 e. The maximum Gasteiger partial charge on any atom is 0.422 e. The standard InChI is InChI=1S/C23H32F3N5O5/c1-4-5-6-9-31-14(2)27-20-17(22(31)35)19(36-13-23(24,25)26)18(29(20)3)21(34)28-15-7-10-30(11-8-15)16(33)12-32/h15,32H,4-13H2,1-3H3,(H,28,34). The van der Waals surface area contributed by atoms with E-state index in [9.17, 15) is 27.6 Å². The maximum absolute atomic E-state index is 13.4. The highest BCUT2D eigenvalue weighted by Crippen LogP contribution is 2.31. The number of fused-ring (bicyclic) bond motifs is 1. The molecular weight excluding hydrogens is 483 g/mol. The number of aryl methyl sites for hydroxylation is 2. The SMILES string of the molecule is CCCCCn1c(C)nc2c(c(OCC(F)(F)F)c(C(=O)NC3CCN(C(=O)CO)CC3)n2C)c1=O. The van der Waals surface area contributed by atoms with Crippen molar-refractivity contribution in [3.8, 4) is 5.75 Å².